The second-order valence-electron chi connectivity index (χ2n) is 4.79. The Morgan fingerprint density at radius 1 is 1.05 bits per heavy atom. The van der Waals surface area contributed by atoms with Crippen molar-refractivity contribution < 1.29 is 9.53 Å². The lowest BCUT2D eigenvalue weighted by Crippen LogP contribution is -2.12. The van der Waals surface area contributed by atoms with Crippen LogP contribution in [0, 0.1) is 13.8 Å². The Morgan fingerprint density at radius 2 is 1.65 bits per heavy atom. The van der Waals surface area contributed by atoms with Crippen LogP contribution in [0.4, 0.5) is 5.69 Å². The van der Waals surface area contributed by atoms with Crippen LogP contribution in [0.25, 0.3) is 0 Å². The zero-order valence-electron chi connectivity index (χ0n) is 12.1. The summed E-state index contributed by atoms with van der Waals surface area (Å²) in [5.74, 6) is 0.661. The summed E-state index contributed by atoms with van der Waals surface area (Å²) in [6.07, 6.45) is 0. The summed E-state index contributed by atoms with van der Waals surface area (Å²) in [4.78, 5) is 12.2. The number of benzene rings is 2. The lowest BCUT2D eigenvalue weighted by atomic mass is 10.1. The van der Waals surface area contributed by atoms with Crippen LogP contribution < -0.4 is 10.1 Å². The molecule has 0 bridgehead atoms. The van der Waals surface area contributed by atoms with Crippen LogP contribution in [0.2, 0.25) is 0 Å². The fraction of sp³-hybridized carbons (Fsp3) is 0.235. The average Bonchev–Trinajstić information content (AvgIpc) is 2.38. The van der Waals surface area contributed by atoms with Crippen molar-refractivity contribution >= 4 is 11.6 Å². The molecule has 0 fully saturated rings. The van der Waals surface area contributed by atoms with E-state index < -0.39 is 0 Å². The molecule has 0 aliphatic rings. The number of hydrogen-bond donors (Lipinski definition) is 1. The maximum absolute atomic E-state index is 12.2. The summed E-state index contributed by atoms with van der Waals surface area (Å²) in [6.45, 7) is 6.58. The van der Waals surface area contributed by atoms with E-state index in [4.69, 9.17) is 4.74 Å². The van der Waals surface area contributed by atoms with E-state index in [1.54, 1.807) is 24.3 Å². The Kier molecular flexibility index (Phi) is 4.41. The second kappa shape index (κ2) is 6.24. The highest BCUT2D eigenvalue weighted by Gasteiger charge is 2.06. The third-order valence-corrected chi connectivity index (χ3v) is 2.91. The minimum absolute atomic E-state index is 0.113. The number of carbonyl (C=O) groups excluding carboxylic acids is 1. The van der Waals surface area contributed by atoms with Crippen molar-refractivity contribution in [1.29, 1.82) is 0 Å². The van der Waals surface area contributed by atoms with Gasteiger partial charge in [-0.3, -0.25) is 4.79 Å². The summed E-state index contributed by atoms with van der Waals surface area (Å²) >= 11 is 0. The predicted octanol–water partition coefficient (Wildman–Crippen LogP) is 3.95. The van der Waals surface area contributed by atoms with Crippen molar-refractivity contribution in [2.75, 3.05) is 11.9 Å². The number of aryl methyl sites for hydroxylation is 2. The summed E-state index contributed by atoms with van der Waals surface area (Å²) in [6, 6.07) is 13.1. The Labute approximate surface area is 119 Å². The molecule has 0 aliphatic carbocycles. The van der Waals surface area contributed by atoms with Crippen molar-refractivity contribution in [3.63, 3.8) is 0 Å². The van der Waals surface area contributed by atoms with Crippen molar-refractivity contribution in [2.45, 2.75) is 20.8 Å². The third-order valence-electron chi connectivity index (χ3n) is 2.91. The SMILES string of the molecule is CCOc1ccc(C(=O)Nc2cc(C)cc(C)c2)cc1. The largest absolute Gasteiger partial charge is 0.494 e. The molecule has 0 heterocycles. The number of amides is 1. The monoisotopic (exact) mass is 269 g/mol. The predicted molar refractivity (Wildman–Crippen MR) is 81.5 cm³/mol. The van der Waals surface area contributed by atoms with Gasteiger partial charge in [-0.05, 0) is 68.3 Å². The van der Waals surface area contributed by atoms with E-state index in [-0.39, 0.29) is 5.91 Å². The summed E-state index contributed by atoms with van der Waals surface area (Å²) in [5.41, 5.74) is 3.70. The number of ether oxygens (including phenoxy) is 1. The molecule has 1 N–H and O–H groups in total. The molecule has 1 amide bonds. The van der Waals surface area contributed by atoms with Gasteiger partial charge >= 0.3 is 0 Å². The second-order valence-corrected chi connectivity index (χ2v) is 4.79. The molecule has 0 aromatic heterocycles. The number of rotatable bonds is 4. The molecule has 104 valence electrons. The fourth-order valence-electron chi connectivity index (χ4n) is 2.12. The Balaban J connectivity index is 2.11. The fourth-order valence-corrected chi connectivity index (χ4v) is 2.12. The highest BCUT2D eigenvalue weighted by Crippen LogP contribution is 2.16. The number of nitrogens with one attached hydrogen (secondary N) is 1. The standard InChI is InChI=1S/C17H19NO2/c1-4-20-16-7-5-14(6-8-16)17(19)18-15-10-12(2)9-13(3)11-15/h5-11H,4H2,1-3H3,(H,18,19). The van der Waals surface area contributed by atoms with Crippen LogP contribution in [-0.4, -0.2) is 12.5 Å². The molecule has 3 nitrogen and oxygen atoms in total. The van der Waals surface area contributed by atoms with E-state index in [1.165, 1.54) is 0 Å². The topological polar surface area (TPSA) is 38.3 Å². The molecule has 0 radical (unpaired) electrons. The van der Waals surface area contributed by atoms with Gasteiger partial charge in [0.2, 0.25) is 0 Å². The van der Waals surface area contributed by atoms with E-state index in [2.05, 4.69) is 11.4 Å². The number of carbonyl (C=O) groups is 1. The minimum atomic E-state index is -0.113. The molecule has 0 saturated heterocycles. The first kappa shape index (κ1) is 14.1. The zero-order valence-corrected chi connectivity index (χ0v) is 12.1. The van der Waals surface area contributed by atoms with Crippen LogP contribution in [-0.2, 0) is 0 Å². The van der Waals surface area contributed by atoms with Crippen LogP contribution in [0.15, 0.2) is 42.5 Å². The molecule has 0 aliphatic heterocycles. The van der Waals surface area contributed by atoms with Gasteiger partial charge in [0.25, 0.3) is 5.91 Å². The molecule has 2 rings (SSSR count). The van der Waals surface area contributed by atoms with Gasteiger partial charge in [0, 0.05) is 11.3 Å². The number of hydrogen-bond acceptors (Lipinski definition) is 2. The average molecular weight is 269 g/mol. The third kappa shape index (κ3) is 3.60. The highest BCUT2D eigenvalue weighted by atomic mass is 16.5. The lowest BCUT2D eigenvalue weighted by Gasteiger charge is -2.08. The van der Waals surface area contributed by atoms with E-state index in [1.807, 2.05) is 32.9 Å². The quantitative estimate of drug-likeness (QED) is 0.912. The first-order chi connectivity index (χ1) is 9.58. The first-order valence-electron chi connectivity index (χ1n) is 6.71. The molecule has 20 heavy (non-hydrogen) atoms. The molecular formula is C17H19NO2. The Morgan fingerprint density at radius 3 is 2.20 bits per heavy atom. The molecule has 0 unspecified atom stereocenters. The molecular weight excluding hydrogens is 250 g/mol. The zero-order chi connectivity index (χ0) is 14.5. The molecule has 3 heteroatoms. The maximum atomic E-state index is 12.2. The van der Waals surface area contributed by atoms with Gasteiger partial charge in [-0.1, -0.05) is 6.07 Å². The molecule has 2 aromatic carbocycles. The van der Waals surface area contributed by atoms with Gasteiger partial charge < -0.3 is 10.1 Å². The summed E-state index contributed by atoms with van der Waals surface area (Å²) in [7, 11) is 0. The van der Waals surface area contributed by atoms with Crippen LogP contribution in [0.5, 0.6) is 5.75 Å². The van der Waals surface area contributed by atoms with E-state index in [0.717, 1.165) is 22.6 Å². The molecule has 0 saturated carbocycles. The van der Waals surface area contributed by atoms with E-state index >= 15 is 0 Å². The molecule has 0 spiro atoms. The van der Waals surface area contributed by atoms with Crippen molar-refractivity contribution in [3.8, 4) is 5.75 Å². The first-order valence-corrected chi connectivity index (χ1v) is 6.71. The Bertz CT molecular complexity index is 583. The maximum Gasteiger partial charge on any atom is 0.255 e. The lowest BCUT2D eigenvalue weighted by molar-refractivity contribution is 0.102. The van der Waals surface area contributed by atoms with Gasteiger partial charge in [0.1, 0.15) is 5.75 Å². The summed E-state index contributed by atoms with van der Waals surface area (Å²) in [5, 5.41) is 2.91. The minimum Gasteiger partial charge on any atom is -0.494 e. The number of anilines is 1. The molecule has 0 atom stereocenters. The van der Waals surface area contributed by atoms with Gasteiger partial charge in [0.15, 0.2) is 0 Å². The van der Waals surface area contributed by atoms with Gasteiger partial charge in [-0.25, -0.2) is 0 Å². The molecule has 2 aromatic rings. The van der Waals surface area contributed by atoms with Crippen LogP contribution in [0.3, 0.4) is 0 Å². The van der Waals surface area contributed by atoms with Crippen molar-refractivity contribution in [1.82, 2.24) is 0 Å². The van der Waals surface area contributed by atoms with Crippen molar-refractivity contribution in [2.24, 2.45) is 0 Å². The van der Waals surface area contributed by atoms with E-state index in [9.17, 15) is 4.79 Å². The van der Waals surface area contributed by atoms with Crippen molar-refractivity contribution in [3.05, 3.63) is 59.2 Å². The van der Waals surface area contributed by atoms with Gasteiger partial charge in [0.05, 0.1) is 6.61 Å². The van der Waals surface area contributed by atoms with Gasteiger partial charge in [-0.15, -0.1) is 0 Å². The van der Waals surface area contributed by atoms with Gasteiger partial charge in [-0.2, -0.15) is 0 Å². The Hall–Kier alpha value is -2.29. The smallest absolute Gasteiger partial charge is 0.255 e. The summed E-state index contributed by atoms with van der Waals surface area (Å²) < 4.78 is 5.36. The van der Waals surface area contributed by atoms with E-state index in [0.29, 0.717) is 12.2 Å². The van der Waals surface area contributed by atoms with Crippen LogP contribution >= 0.6 is 0 Å². The normalized spacial score (nSPS) is 10.2. The van der Waals surface area contributed by atoms with Crippen LogP contribution in [0.1, 0.15) is 28.4 Å². The highest BCUT2D eigenvalue weighted by molar-refractivity contribution is 6.04.